The Morgan fingerprint density at radius 2 is 2.04 bits per heavy atom. The van der Waals surface area contributed by atoms with Crippen LogP contribution in [0.15, 0.2) is 35.6 Å². The Morgan fingerprint density at radius 3 is 2.62 bits per heavy atom. The number of nitrogens with zero attached hydrogens (tertiary/aromatic N) is 2. The summed E-state index contributed by atoms with van der Waals surface area (Å²) in [6.45, 7) is 4.93. The average molecular weight is 360 g/mol. The summed E-state index contributed by atoms with van der Waals surface area (Å²) in [5.41, 5.74) is 0.948. The number of aliphatic hydroxyl groups excluding tert-OH is 1. The molecule has 0 fully saturated rings. The number of methoxy groups -OCH3 is 1. The highest BCUT2D eigenvalue weighted by Gasteiger charge is 2.43. The van der Waals surface area contributed by atoms with E-state index < -0.39 is 17.7 Å². The van der Waals surface area contributed by atoms with Crippen molar-refractivity contribution in [3.05, 3.63) is 41.2 Å². The predicted molar refractivity (Wildman–Crippen MR) is 100 cm³/mol. The molecule has 0 aromatic heterocycles. The fourth-order valence-electron chi connectivity index (χ4n) is 3.12. The second-order valence-corrected chi connectivity index (χ2v) is 7.26. The molecule has 1 aliphatic rings. The first-order valence-electron chi connectivity index (χ1n) is 8.82. The molecule has 1 atom stereocenters. The molecule has 0 saturated carbocycles. The van der Waals surface area contributed by atoms with Crippen molar-refractivity contribution in [2.75, 3.05) is 34.3 Å². The standard InChI is InChI=1S/C20H28N2O4/c1-13(2)11-16(23)17-18(14-7-6-8-15(12-14)26-5)22(10-9-21(3)4)20(25)19(17)24/h6-8,12-13,18,24H,9-11H2,1-5H3. The predicted octanol–water partition coefficient (Wildman–Crippen LogP) is 2.57. The maximum absolute atomic E-state index is 12.8. The van der Waals surface area contributed by atoms with Crippen molar-refractivity contribution in [2.24, 2.45) is 5.92 Å². The molecule has 26 heavy (non-hydrogen) atoms. The topological polar surface area (TPSA) is 70.1 Å². The first kappa shape index (κ1) is 20.0. The Hall–Kier alpha value is -2.34. The number of ether oxygens (including phenoxy) is 1. The Labute approximate surface area is 155 Å². The van der Waals surface area contributed by atoms with Crippen molar-refractivity contribution in [3.63, 3.8) is 0 Å². The summed E-state index contributed by atoms with van der Waals surface area (Å²) >= 11 is 0. The van der Waals surface area contributed by atoms with E-state index in [9.17, 15) is 14.7 Å². The number of amides is 1. The lowest BCUT2D eigenvalue weighted by Gasteiger charge is -2.28. The molecule has 1 aromatic rings. The van der Waals surface area contributed by atoms with Gasteiger partial charge in [-0.3, -0.25) is 9.59 Å². The van der Waals surface area contributed by atoms with Gasteiger partial charge in [-0.05, 0) is 37.7 Å². The number of ketones is 1. The lowest BCUT2D eigenvalue weighted by Crippen LogP contribution is -2.36. The highest BCUT2D eigenvalue weighted by Crippen LogP contribution is 2.39. The van der Waals surface area contributed by atoms with E-state index in [1.54, 1.807) is 12.0 Å². The van der Waals surface area contributed by atoms with Gasteiger partial charge in [0.1, 0.15) is 5.75 Å². The number of hydrogen-bond donors (Lipinski definition) is 1. The quantitative estimate of drug-likeness (QED) is 0.772. The highest BCUT2D eigenvalue weighted by atomic mass is 16.5. The smallest absolute Gasteiger partial charge is 0.290 e. The van der Waals surface area contributed by atoms with Crippen molar-refractivity contribution in [1.82, 2.24) is 9.80 Å². The molecule has 0 bridgehead atoms. The fourth-order valence-corrected chi connectivity index (χ4v) is 3.12. The molecule has 142 valence electrons. The molecule has 1 aromatic carbocycles. The van der Waals surface area contributed by atoms with Gasteiger partial charge in [-0.1, -0.05) is 26.0 Å². The van der Waals surface area contributed by atoms with Crippen LogP contribution in [-0.4, -0.2) is 60.9 Å². The van der Waals surface area contributed by atoms with Gasteiger partial charge in [-0.2, -0.15) is 0 Å². The van der Waals surface area contributed by atoms with Crippen molar-refractivity contribution in [3.8, 4) is 5.75 Å². The van der Waals surface area contributed by atoms with Gasteiger partial charge in [0, 0.05) is 19.5 Å². The average Bonchev–Trinajstić information content (AvgIpc) is 2.83. The number of rotatable bonds is 8. The zero-order valence-electron chi connectivity index (χ0n) is 16.2. The summed E-state index contributed by atoms with van der Waals surface area (Å²) in [4.78, 5) is 29.0. The van der Waals surface area contributed by atoms with E-state index in [4.69, 9.17) is 4.74 Å². The van der Waals surface area contributed by atoms with Gasteiger partial charge in [0.25, 0.3) is 5.91 Å². The van der Waals surface area contributed by atoms with Gasteiger partial charge in [-0.15, -0.1) is 0 Å². The van der Waals surface area contributed by atoms with Crippen LogP contribution in [0.2, 0.25) is 0 Å². The SMILES string of the molecule is COc1cccc(C2C(C(=O)CC(C)C)=C(O)C(=O)N2CCN(C)C)c1. The van der Waals surface area contributed by atoms with Crippen LogP contribution < -0.4 is 4.74 Å². The van der Waals surface area contributed by atoms with Gasteiger partial charge >= 0.3 is 0 Å². The summed E-state index contributed by atoms with van der Waals surface area (Å²) in [5.74, 6) is -0.329. The molecule has 0 aliphatic carbocycles. The molecule has 2 rings (SSSR count). The normalized spacial score (nSPS) is 17.6. The molecular formula is C20H28N2O4. The third kappa shape index (κ3) is 4.25. The summed E-state index contributed by atoms with van der Waals surface area (Å²) in [6, 6.07) is 6.70. The minimum Gasteiger partial charge on any atom is -0.503 e. The van der Waals surface area contributed by atoms with E-state index in [2.05, 4.69) is 0 Å². The van der Waals surface area contributed by atoms with Crippen LogP contribution in [0.1, 0.15) is 31.9 Å². The number of aliphatic hydroxyl groups is 1. The van der Waals surface area contributed by atoms with Crippen LogP contribution in [0, 0.1) is 5.92 Å². The molecule has 6 nitrogen and oxygen atoms in total. The first-order valence-corrected chi connectivity index (χ1v) is 8.82. The maximum atomic E-state index is 12.8. The molecule has 1 aliphatic heterocycles. The molecule has 0 radical (unpaired) electrons. The maximum Gasteiger partial charge on any atom is 0.290 e. The number of benzene rings is 1. The van der Waals surface area contributed by atoms with Gasteiger partial charge < -0.3 is 19.6 Å². The monoisotopic (exact) mass is 360 g/mol. The van der Waals surface area contributed by atoms with E-state index in [0.717, 1.165) is 5.56 Å². The molecule has 1 heterocycles. The highest BCUT2D eigenvalue weighted by molar-refractivity contribution is 6.09. The van der Waals surface area contributed by atoms with E-state index in [1.165, 1.54) is 0 Å². The number of carbonyl (C=O) groups excluding carboxylic acids is 2. The Bertz CT molecular complexity index is 710. The van der Waals surface area contributed by atoms with Crippen molar-refractivity contribution in [1.29, 1.82) is 0 Å². The zero-order valence-corrected chi connectivity index (χ0v) is 16.2. The van der Waals surface area contributed by atoms with Gasteiger partial charge in [0.2, 0.25) is 0 Å². The molecule has 6 heteroatoms. The first-order chi connectivity index (χ1) is 12.3. The van der Waals surface area contributed by atoms with Crippen molar-refractivity contribution in [2.45, 2.75) is 26.3 Å². The second kappa shape index (κ2) is 8.36. The van der Waals surface area contributed by atoms with Gasteiger partial charge in [0.15, 0.2) is 11.5 Å². The Morgan fingerprint density at radius 1 is 1.35 bits per heavy atom. The second-order valence-electron chi connectivity index (χ2n) is 7.26. The van der Waals surface area contributed by atoms with Gasteiger partial charge in [-0.25, -0.2) is 0 Å². The van der Waals surface area contributed by atoms with Crippen LogP contribution in [0.3, 0.4) is 0 Å². The van der Waals surface area contributed by atoms with E-state index >= 15 is 0 Å². The Balaban J connectivity index is 2.48. The number of carbonyl (C=O) groups is 2. The summed E-state index contributed by atoms with van der Waals surface area (Å²) in [5, 5.41) is 10.5. The Kier molecular flexibility index (Phi) is 6.42. The lowest BCUT2D eigenvalue weighted by molar-refractivity contribution is -0.129. The van der Waals surface area contributed by atoms with E-state index in [-0.39, 0.29) is 23.7 Å². The van der Waals surface area contributed by atoms with E-state index in [0.29, 0.717) is 18.8 Å². The van der Waals surface area contributed by atoms with Crippen molar-refractivity contribution >= 4 is 11.7 Å². The summed E-state index contributed by atoms with van der Waals surface area (Å²) in [6.07, 6.45) is 0.286. The molecule has 1 unspecified atom stereocenters. The molecule has 1 amide bonds. The summed E-state index contributed by atoms with van der Waals surface area (Å²) < 4.78 is 5.29. The zero-order chi connectivity index (χ0) is 19.4. The van der Waals surface area contributed by atoms with Crippen LogP contribution in [-0.2, 0) is 9.59 Å². The third-order valence-corrected chi connectivity index (χ3v) is 4.40. The van der Waals surface area contributed by atoms with Crippen LogP contribution in [0.4, 0.5) is 0 Å². The third-order valence-electron chi connectivity index (χ3n) is 4.40. The minimum atomic E-state index is -0.594. The fraction of sp³-hybridized carbons (Fsp3) is 0.500. The van der Waals surface area contributed by atoms with E-state index in [1.807, 2.05) is 57.1 Å². The molecule has 0 spiro atoms. The molecule has 0 saturated heterocycles. The summed E-state index contributed by atoms with van der Waals surface area (Å²) in [7, 11) is 5.40. The van der Waals surface area contributed by atoms with Crippen molar-refractivity contribution < 1.29 is 19.4 Å². The van der Waals surface area contributed by atoms with Crippen LogP contribution >= 0.6 is 0 Å². The lowest BCUT2D eigenvalue weighted by atomic mass is 9.92. The largest absolute Gasteiger partial charge is 0.503 e. The minimum absolute atomic E-state index is 0.139. The van der Waals surface area contributed by atoms with Crippen LogP contribution in [0.5, 0.6) is 5.75 Å². The molecule has 1 N–H and O–H groups in total. The number of Topliss-reactive ketones (excluding diaryl/α,β-unsaturated/α-hetero) is 1. The van der Waals surface area contributed by atoms with Crippen LogP contribution in [0.25, 0.3) is 0 Å². The molecular weight excluding hydrogens is 332 g/mol. The van der Waals surface area contributed by atoms with Gasteiger partial charge in [0.05, 0.1) is 18.7 Å². The number of hydrogen-bond acceptors (Lipinski definition) is 5. The number of likely N-dealkylation sites (N-methyl/N-ethyl adjacent to an activating group) is 1.